The Labute approximate surface area is 108 Å². The molecule has 2 heterocycles. The average Bonchev–Trinajstić information content (AvgIpc) is 2.72. The van der Waals surface area contributed by atoms with E-state index >= 15 is 0 Å². The van der Waals surface area contributed by atoms with E-state index in [1.807, 2.05) is 36.4 Å². The highest BCUT2D eigenvalue weighted by atomic mass is 35.5. The zero-order chi connectivity index (χ0) is 11.8. The number of nitrogens with zero attached hydrogens (tertiary/aromatic N) is 1. The van der Waals surface area contributed by atoms with Gasteiger partial charge in [0, 0.05) is 27.9 Å². The Morgan fingerprint density at radius 1 is 1.06 bits per heavy atom. The van der Waals surface area contributed by atoms with Crippen LogP contribution in [0.25, 0.3) is 22.3 Å². The predicted octanol–water partition coefficient (Wildman–Crippen LogP) is 4.54. The van der Waals surface area contributed by atoms with E-state index in [0.29, 0.717) is 10.0 Å². The van der Waals surface area contributed by atoms with E-state index < -0.39 is 0 Å². The van der Waals surface area contributed by atoms with Crippen molar-refractivity contribution < 1.29 is 0 Å². The van der Waals surface area contributed by atoms with Crippen LogP contribution in [0.2, 0.25) is 10.0 Å². The molecular formula is C13H8Cl2N2. The Kier molecular flexibility index (Phi) is 2.54. The van der Waals surface area contributed by atoms with Crippen LogP contribution in [0, 0.1) is 0 Å². The normalized spacial score (nSPS) is 10.9. The van der Waals surface area contributed by atoms with Crippen LogP contribution in [0.4, 0.5) is 0 Å². The third kappa shape index (κ3) is 1.90. The first-order valence-corrected chi connectivity index (χ1v) is 5.89. The van der Waals surface area contributed by atoms with Gasteiger partial charge in [0.15, 0.2) is 0 Å². The number of aromatic nitrogens is 2. The van der Waals surface area contributed by atoms with E-state index in [-0.39, 0.29) is 0 Å². The van der Waals surface area contributed by atoms with E-state index in [1.54, 1.807) is 6.20 Å². The molecule has 0 radical (unpaired) electrons. The number of benzene rings is 1. The number of pyridine rings is 1. The average molecular weight is 263 g/mol. The van der Waals surface area contributed by atoms with Crippen LogP contribution in [0.1, 0.15) is 0 Å². The largest absolute Gasteiger partial charge is 0.339 e. The Morgan fingerprint density at radius 2 is 1.88 bits per heavy atom. The van der Waals surface area contributed by atoms with E-state index in [2.05, 4.69) is 9.97 Å². The van der Waals surface area contributed by atoms with Gasteiger partial charge in [-0.25, -0.2) is 4.98 Å². The van der Waals surface area contributed by atoms with Gasteiger partial charge in [0.05, 0.1) is 5.02 Å². The SMILES string of the molecule is Clc1cnc2[nH]c(-c3ccccc3Cl)cc2c1. The van der Waals surface area contributed by atoms with Gasteiger partial charge in [0.25, 0.3) is 0 Å². The minimum Gasteiger partial charge on any atom is -0.339 e. The quantitative estimate of drug-likeness (QED) is 0.686. The van der Waals surface area contributed by atoms with E-state index in [0.717, 1.165) is 22.3 Å². The number of H-pyrrole nitrogens is 1. The van der Waals surface area contributed by atoms with Gasteiger partial charge in [-0.3, -0.25) is 0 Å². The summed E-state index contributed by atoms with van der Waals surface area (Å²) < 4.78 is 0. The lowest BCUT2D eigenvalue weighted by molar-refractivity contribution is 1.32. The van der Waals surface area contributed by atoms with Crippen molar-refractivity contribution in [3.8, 4) is 11.3 Å². The van der Waals surface area contributed by atoms with Crippen LogP contribution in [-0.2, 0) is 0 Å². The summed E-state index contributed by atoms with van der Waals surface area (Å²) in [7, 11) is 0. The van der Waals surface area contributed by atoms with Crippen LogP contribution in [-0.4, -0.2) is 9.97 Å². The maximum Gasteiger partial charge on any atom is 0.137 e. The molecule has 0 saturated carbocycles. The summed E-state index contributed by atoms with van der Waals surface area (Å²) >= 11 is 12.1. The smallest absolute Gasteiger partial charge is 0.137 e. The Balaban J connectivity index is 2.22. The molecule has 2 nitrogen and oxygen atoms in total. The fourth-order valence-electron chi connectivity index (χ4n) is 1.81. The maximum atomic E-state index is 6.15. The predicted molar refractivity (Wildman–Crippen MR) is 71.5 cm³/mol. The number of aromatic amines is 1. The molecule has 17 heavy (non-hydrogen) atoms. The van der Waals surface area contributed by atoms with Crippen molar-refractivity contribution in [1.29, 1.82) is 0 Å². The third-order valence-corrected chi connectivity index (χ3v) is 3.14. The molecule has 4 heteroatoms. The van der Waals surface area contributed by atoms with Gasteiger partial charge >= 0.3 is 0 Å². The molecule has 0 saturated heterocycles. The number of hydrogen-bond acceptors (Lipinski definition) is 1. The van der Waals surface area contributed by atoms with Gasteiger partial charge in [0.2, 0.25) is 0 Å². The standard InChI is InChI=1S/C13H8Cl2N2/c14-9-5-8-6-12(17-13(8)16-7-9)10-3-1-2-4-11(10)15/h1-7H,(H,16,17). The second-order valence-electron chi connectivity index (χ2n) is 3.75. The summed E-state index contributed by atoms with van der Waals surface area (Å²) in [5.41, 5.74) is 2.72. The molecule has 1 aromatic carbocycles. The first kappa shape index (κ1) is 10.6. The highest BCUT2D eigenvalue weighted by Gasteiger charge is 2.07. The van der Waals surface area contributed by atoms with Gasteiger partial charge in [0.1, 0.15) is 5.65 Å². The lowest BCUT2D eigenvalue weighted by atomic mass is 10.1. The highest BCUT2D eigenvalue weighted by molar-refractivity contribution is 6.33. The maximum absolute atomic E-state index is 6.15. The van der Waals surface area contributed by atoms with Gasteiger partial charge in [-0.15, -0.1) is 0 Å². The van der Waals surface area contributed by atoms with E-state index in [4.69, 9.17) is 23.2 Å². The molecule has 3 aromatic rings. The molecule has 0 aliphatic carbocycles. The van der Waals surface area contributed by atoms with Gasteiger partial charge in [-0.2, -0.15) is 0 Å². The lowest BCUT2D eigenvalue weighted by Gasteiger charge is -1.99. The Morgan fingerprint density at radius 3 is 2.71 bits per heavy atom. The summed E-state index contributed by atoms with van der Waals surface area (Å²) in [5.74, 6) is 0. The van der Waals surface area contributed by atoms with Crippen LogP contribution in [0.15, 0.2) is 42.6 Å². The van der Waals surface area contributed by atoms with Crippen LogP contribution in [0.3, 0.4) is 0 Å². The van der Waals surface area contributed by atoms with E-state index in [9.17, 15) is 0 Å². The Bertz CT molecular complexity index is 689. The first-order valence-electron chi connectivity index (χ1n) is 5.13. The second-order valence-corrected chi connectivity index (χ2v) is 4.60. The fraction of sp³-hybridized carbons (Fsp3) is 0. The van der Waals surface area contributed by atoms with Gasteiger partial charge < -0.3 is 4.98 Å². The summed E-state index contributed by atoms with van der Waals surface area (Å²) in [4.78, 5) is 7.45. The molecule has 0 spiro atoms. The monoisotopic (exact) mass is 262 g/mol. The molecule has 0 aliphatic heterocycles. The fourth-order valence-corrected chi connectivity index (χ4v) is 2.22. The highest BCUT2D eigenvalue weighted by Crippen LogP contribution is 2.29. The molecule has 0 amide bonds. The molecule has 0 atom stereocenters. The Hall–Kier alpha value is -1.51. The van der Waals surface area contributed by atoms with Crippen molar-refractivity contribution in [1.82, 2.24) is 9.97 Å². The molecule has 3 rings (SSSR count). The van der Waals surface area contributed by atoms with Gasteiger partial charge in [-0.1, -0.05) is 41.4 Å². The van der Waals surface area contributed by atoms with Crippen molar-refractivity contribution in [2.75, 3.05) is 0 Å². The first-order chi connectivity index (χ1) is 8.24. The topological polar surface area (TPSA) is 28.7 Å². The van der Waals surface area contributed by atoms with Crippen molar-refractivity contribution >= 4 is 34.2 Å². The second kappa shape index (κ2) is 4.06. The summed E-state index contributed by atoms with van der Waals surface area (Å²) in [6.45, 7) is 0. The van der Waals surface area contributed by atoms with Crippen LogP contribution >= 0.6 is 23.2 Å². The molecule has 0 fully saturated rings. The number of fused-ring (bicyclic) bond motifs is 1. The molecular weight excluding hydrogens is 255 g/mol. The van der Waals surface area contributed by atoms with Crippen LogP contribution in [0.5, 0.6) is 0 Å². The van der Waals surface area contributed by atoms with Crippen molar-refractivity contribution in [3.05, 3.63) is 52.6 Å². The van der Waals surface area contributed by atoms with Crippen molar-refractivity contribution in [2.45, 2.75) is 0 Å². The number of halogens is 2. The van der Waals surface area contributed by atoms with Crippen LogP contribution < -0.4 is 0 Å². The molecule has 0 unspecified atom stereocenters. The molecule has 84 valence electrons. The molecule has 2 aromatic heterocycles. The number of nitrogens with one attached hydrogen (secondary N) is 1. The summed E-state index contributed by atoms with van der Waals surface area (Å²) in [5, 5.41) is 2.32. The third-order valence-electron chi connectivity index (χ3n) is 2.60. The molecule has 0 aliphatic rings. The van der Waals surface area contributed by atoms with E-state index in [1.165, 1.54) is 0 Å². The zero-order valence-corrected chi connectivity index (χ0v) is 10.3. The van der Waals surface area contributed by atoms with Crippen molar-refractivity contribution in [3.63, 3.8) is 0 Å². The zero-order valence-electron chi connectivity index (χ0n) is 8.74. The molecule has 0 bridgehead atoms. The van der Waals surface area contributed by atoms with Crippen molar-refractivity contribution in [2.24, 2.45) is 0 Å². The minimum atomic E-state index is 0.627. The minimum absolute atomic E-state index is 0.627. The summed E-state index contributed by atoms with van der Waals surface area (Å²) in [6, 6.07) is 11.6. The summed E-state index contributed by atoms with van der Waals surface area (Å²) in [6.07, 6.45) is 1.62. The lowest BCUT2D eigenvalue weighted by Crippen LogP contribution is -1.79. The number of hydrogen-bond donors (Lipinski definition) is 1. The molecule has 1 N–H and O–H groups in total. The number of rotatable bonds is 1. The van der Waals surface area contributed by atoms with Gasteiger partial charge in [-0.05, 0) is 18.2 Å².